The van der Waals surface area contributed by atoms with Crippen LogP contribution in [-0.4, -0.2) is 0 Å². The summed E-state index contributed by atoms with van der Waals surface area (Å²) in [6.45, 7) is 9.19. The Morgan fingerprint density at radius 3 is 1.10 bits per heavy atom. The van der Waals surface area contributed by atoms with Gasteiger partial charge in [-0.1, -0.05) is 188 Å². The van der Waals surface area contributed by atoms with Gasteiger partial charge in [0.1, 0.15) is 0 Å². The molecule has 0 saturated heterocycles. The zero-order valence-corrected chi connectivity index (χ0v) is 40.4. The zero-order chi connectivity index (χ0) is 45.9. The molecule has 338 valence electrons. The Bertz CT molecular complexity index is 3180. The molecule has 0 atom stereocenters. The summed E-state index contributed by atoms with van der Waals surface area (Å²) in [5.41, 5.74) is 13.2. The number of anilines is 6. The molecule has 2 saturated carbocycles. The quantitative estimate of drug-likeness (QED) is 0.126. The van der Waals surface area contributed by atoms with E-state index in [0.29, 0.717) is 23.7 Å². The summed E-state index contributed by atoms with van der Waals surface area (Å²) >= 11 is 0. The maximum absolute atomic E-state index is 2.64. The number of hydrogen-bond acceptors (Lipinski definition) is 2. The molecular weight excluding hydrogens is 821 g/mol. The van der Waals surface area contributed by atoms with Crippen LogP contribution >= 0.6 is 0 Å². The first-order valence-corrected chi connectivity index (χ1v) is 26.0. The maximum atomic E-state index is 2.64. The Kier molecular flexibility index (Phi) is 11.2. The highest BCUT2D eigenvalue weighted by molar-refractivity contribution is 6.30. The molecule has 0 spiro atoms. The molecule has 0 amide bonds. The van der Waals surface area contributed by atoms with Crippen molar-refractivity contribution in [3.8, 4) is 0 Å². The second-order valence-corrected chi connectivity index (χ2v) is 20.9. The van der Waals surface area contributed by atoms with E-state index in [0.717, 1.165) is 0 Å². The van der Waals surface area contributed by atoms with Crippen molar-refractivity contribution in [3.05, 3.63) is 192 Å². The Labute approximate surface area is 403 Å². The topological polar surface area (TPSA) is 6.48 Å². The SMILES string of the molecule is CC(C)c1ccc(N(c2cccc3ccccc23)c2cc(C3CCCCC3)c3ccc4c(N(c5ccc(C(C)C)cc5)c5cccc6ccccc56)cc(C5CCCCC5)c5ccc2c3c54)cc1. The van der Waals surface area contributed by atoms with Crippen molar-refractivity contribution in [2.75, 3.05) is 9.80 Å². The summed E-state index contributed by atoms with van der Waals surface area (Å²) in [7, 11) is 0. The van der Waals surface area contributed by atoms with Crippen LogP contribution in [0.5, 0.6) is 0 Å². The van der Waals surface area contributed by atoms with E-state index in [1.54, 1.807) is 0 Å². The van der Waals surface area contributed by atoms with Crippen molar-refractivity contribution in [1.29, 1.82) is 0 Å². The van der Waals surface area contributed by atoms with Gasteiger partial charge < -0.3 is 9.80 Å². The van der Waals surface area contributed by atoms with Gasteiger partial charge in [-0.2, -0.15) is 0 Å². The molecule has 0 N–H and O–H groups in total. The van der Waals surface area contributed by atoms with Gasteiger partial charge in [-0.25, -0.2) is 0 Å². The molecule has 0 unspecified atom stereocenters. The summed E-state index contributed by atoms with van der Waals surface area (Å²) in [5, 5.41) is 13.4. The van der Waals surface area contributed by atoms with Crippen LogP contribution in [0.2, 0.25) is 0 Å². The molecule has 0 aliphatic heterocycles. The lowest BCUT2D eigenvalue weighted by Crippen LogP contribution is -2.15. The van der Waals surface area contributed by atoms with E-state index in [-0.39, 0.29) is 0 Å². The van der Waals surface area contributed by atoms with Gasteiger partial charge in [-0.05, 0) is 152 Å². The highest BCUT2D eigenvalue weighted by Crippen LogP contribution is 2.54. The highest BCUT2D eigenvalue weighted by Gasteiger charge is 2.30. The lowest BCUT2D eigenvalue weighted by molar-refractivity contribution is 0.445. The van der Waals surface area contributed by atoms with Crippen molar-refractivity contribution >= 4 is 88.0 Å². The summed E-state index contributed by atoms with van der Waals surface area (Å²) in [4.78, 5) is 5.23. The van der Waals surface area contributed by atoms with Gasteiger partial charge in [-0.3, -0.25) is 0 Å². The Hall–Kier alpha value is -6.64. The monoisotopic (exact) mass is 885 g/mol. The van der Waals surface area contributed by atoms with E-state index in [1.807, 2.05) is 0 Å². The number of hydrogen-bond donors (Lipinski definition) is 0. The molecule has 68 heavy (non-hydrogen) atoms. The standard InChI is InChI=1S/C66H64N2/c1-43(2)45-29-33-51(34-30-45)67(61-27-15-23-47-21-11-13-25-53(47)61)63-41-59(49-17-7-5-8-18-49)55-38-40-58-64(42-60(50-19-9-6-10-20-50)56-37-39-57(63)65(55)66(56)58)68(52-35-31-46(32-36-52)44(3)4)62-28-16-24-48-22-12-14-26-54(48)62/h11-16,21-44,49-50H,5-10,17-20H2,1-4H3. The van der Waals surface area contributed by atoms with Crippen LogP contribution in [-0.2, 0) is 0 Å². The van der Waals surface area contributed by atoms with Crippen LogP contribution in [0.4, 0.5) is 34.1 Å². The largest absolute Gasteiger partial charge is 0.309 e. The number of benzene rings is 10. The van der Waals surface area contributed by atoms with Crippen LogP contribution in [0.1, 0.15) is 138 Å². The summed E-state index contributed by atoms with van der Waals surface area (Å²) in [6.07, 6.45) is 12.8. The lowest BCUT2D eigenvalue weighted by Gasteiger charge is -2.34. The van der Waals surface area contributed by atoms with Crippen LogP contribution in [0.3, 0.4) is 0 Å². The van der Waals surface area contributed by atoms with Gasteiger partial charge in [0.15, 0.2) is 0 Å². The molecule has 0 radical (unpaired) electrons. The van der Waals surface area contributed by atoms with Gasteiger partial charge in [-0.15, -0.1) is 0 Å². The van der Waals surface area contributed by atoms with Crippen molar-refractivity contribution in [3.63, 3.8) is 0 Å². The molecule has 2 nitrogen and oxygen atoms in total. The first-order chi connectivity index (χ1) is 33.4. The molecule has 0 bridgehead atoms. The molecule has 2 aliphatic rings. The van der Waals surface area contributed by atoms with E-state index >= 15 is 0 Å². The smallest absolute Gasteiger partial charge is 0.0543 e. The molecule has 10 aromatic rings. The molecule has 12 rings (SSSR count). The second kappa shape index (κ2) is 17.8. The second-order valence-electron chi connectivity index (χ2n) is 20.9. The first kappa shape index (κ1) is 42.7. The van der Waals surface area contributed by atoms with E-state index in [9.17, 15) is 0 Å². The van der Waals surface area contributed by atoms with Crippen molar-refractivity contribution < 1.29 is 0 Å². The molecule has 2 heteroatoms. The number of nitrogens with zero attached hydrogens (tertiary/aromatic N) is 2. The van der Waals surface area contributed by atoms with E-state index in [2.05, 4.69) is 207 Å². The van der Waals surface area contributed by atoms with Crippen molar-refractivity contribution in [2.45, 2.75) is 116 Å². The van der Waals surface area contributed by atoms with Crippen LogP contribution in [0.15, 0.2) is 170 Å². The van der Waals surface area contributed by atoms with Gasteiger partial charge in [0.25, 0.3) is 0 Å². The minimum absolute atomic E-state index is 0.455. The summed E-state index contributed by atoms with van der Waals surface area (Å²) in [6, 6.07) is 66.0. The fraction of sp³-hybridized carbons (Fsp3) is 0.273. The minimum Gasteiger partial charge on any atom is -0.309 e. The first-order valence-electron chi connectivity index (χ1n) is 26.0. The van der Waals surface area contributed by atoms with E-state index < -0.39 is 0 Å². The fourth-order valence-electron chi connectivity index (χ4n) is 12.5. The highest BCUT2D eigenvalue weighted by atomic mass is 15.2. The van der Waals surface area contributed by atoms with Crippen LogP contribution < -0.4 is 9.80 Å². The molecular formula is C66H64N2. The van der Waals surface area contributed by atoms with Crippen LogP contribution in [0.25, 0.3) is 53.9 Å². The molecule has 0 aromatic heterocycles. The Morgan fingerprint density at radius 1 is 0.338 bits per heavy atom. The maximum Gasteiger partial charge on any atom is 0.0543 e. The average molecular weight is 885 g/mol. The van der Waals surface area contributed by atoms with Crippen LogP contribution in [0, 0.1) is 0 Å². The van der Waals surface area contributed by atoms with E-state index in [1.165, 1.54) is 174 Å². The zero-order valence-electron chi connectivity index (χ0n) is 40.4. The van der Waals surface area contributed by atoms with Gasteiger partial charge in [0, 0.05) is 32.9 Å². The number of rotatable bonds is 10. The third kappa shape index (κ3) is 7.39. The Balaban J connectivity index is 1.21. The average Bonchev–Trinajstić information content (AvgIpc) is 3.39. The summed E-state index contributed by atoms with van der Waals surface area (Å²) < 4.78 is 0. The molecule has 2 aliphatic carbocycles. The normalized spacial score (nSPS) is 15.2. The predicted molar refractivity (Wildman–Crippen MR) is 294 cm³/mol. The molecule has 2 fully saturated rings. The van der Waals surface area contributed by atoms with Crippen molar-refractivity contribution in [1.82, 2.24) is 0 Å². The van der Waals surface area contributed by atoms with Gasteiger partial charge in [0.2, 0.25) is 0 Å². The Morgan fingerprint density at radius 2 is 0.706 bits per heavy atom. The third-order valence-corrected chi connectivity index (χ3v) is 16.1. The third-order valence-electron chi connectivity index (χ3n) is 16.1. The predicted octanol–water partition coefficient (Wildman–Crippen LogP) is 20.2. The van der Waals surface area contributed by atoms with Crippen molar-refractivity contribution in [2.24, 2.45) is 0 Å². The minimum atomic E-state index is 0.455. The molecule has 0 heterocycles. The number of fused-ring (bicyclic) bond motifs is 2. The molecule has 10 aromatic carbocycles. The lowest BCUT2D eigenvalue weighted by atomic mass is 9.77. The van der Waals surface area contributed by atoms with Gasteiger partial charge in [0.05, 0.1) is 22.7 Å². The fourth-order valence-corrected chi connectivity index (χ4v) is 12.5. The van der Waals surface area contributed by atoms with Gasteiger partial charge >= 0.3 is 0 Å². The summed E-state index contributed by atoms with van der Waals surface area (Å²) in [5.74, 6) is 1.93. The van der Waals surface area contributed by atoms with E-state index in [4.69, 9.17) is 0 Å².